The molecule has 0 atom stereocenters. The average molecular weight is 119 g/mol. The topological polar surface area (TPSA) is 49.8 Å². The minimum Gasteiger partial charge on any atom is -0.399 e. The Morgan fingerprint density at radius 1 is 1.22 bits per heavy atom. The number of rotatable bonds is 0. The van der Waals surface area contributed by atoms with Crippen LogP contribution in [-0.4, -0.2) is 0 Å². The smallest absolute Gasteiger partial charge is 0.0991 e. The van der Waals surface area contributed by atoms with Crippen LogP contribution in [0.15, 0.2) is 24.3 Å². The number of hydrogen-bond acceptors (Lipinski definition) is 2. The van der Waals surface area contributed by atoms with Gasteiger partial charge in [-0.05, 0) is 24.3 Å². The Bertz CT molecular complexity index is 230. The molecule has 1 aromatic rings. The normalized spacial score (nSPS) is 8.33. The minimum atomic E-state index is 0.643. The second-order valence-electron chi connectivity index (χ2n) is 1.73. The van der Waals surface area contributed by atoms with Crippen LogP contribution in [0, 0.1) is 11.3 Å². The summed E-state index contributed by atoms with van der Waals surface area (Å²) >= 11 is 0. The van der Waals surface area contributed by atoms with Crippen molar-refractivity contribution in [2.75, 3.05) is 5.73 Å². The third kappa shape index (κ3) is 1.20. The molecule has 0 heterocycles. The summed E-state index contributed by atoms with van der Waals surface area (Å²) in [6.45, 7) is 0. The van der Waals surface area contributed by atoms with Gasteiger partial charge in [-0.1, -0.05) is 0 Å². The molecule has 9 heavy (non-hydrogen) atoms. The molecule has 2 N–H and O–H groups in total. The van der Waals surface area contributed by atoms with Crippen LogP contribution in [0.3, 0.4) is 0 Å². The largest absolute Gasteiger partial charge is 0.399 e. The van der Waals surface area contributed by atoms with Crippen molar-refractivity contribution >= 4 is 5.69 Å². The van der Waals surface area contributed by atoms with Crippen LogP contribution >= 0.6 is 0 Å². The van der Waals surface area contributed by atoms with Gasteiger partial charge in [0.05, 0.1) is 11.6 Å². The lowest BCUT2D eigenvalue weighted by atomic mass is 10.3. The summed E-state index contributed by atoms with van der Waals surface area (Å²) in [5.41, 5.74) is 6.70. The van der Waals surface area contributed by atoms with E-state index in [1.54, 1.807) is 24.3 Å². The van der Waals surface area contributed by atoms with Crippen molar-refractivity contribution in [1.29, 1.82) is 5.26 Å². The van der Waals surface area contributed by atoms with Crippen LogP contribution < -0.4 is 5.73 Å². The van der Waals surface area contributed by atoms with Gasteiger partial charge in [0.2, 0.25) is 0 Å². The summed E-state index contributed by atoms with van der Waals surface area (Å²) in [4.78, 5) is 0. The van der Waals surface area contributed by atoms with Crippen LogP contribution in [0.25, 0.3) is 0 Å². The van der Waals surface area contributed by atoms with E-state index in [0.717, 1.165) is 0 Å². The molecule has 44 valence electrons. The van der Waals surface area contributed by atoms with Gasteiger partial charge in [-0.2, -0.15) is 5.26 Å². The summed E-state index contributed by atoms with van der Waals surface area (Å²) in [5.74, 6) is 0. The van der Waals surface area contributed by atoms with Crippen LogP contribution in [-0.2, 0) is 0 Å². The molecule has 0 aromatic heterocycles. The summed E-state index contributed by atoms with van der Waals surface area (Å²) in [6, 6.07) is 8.79. The van der Waals surface area contributed by atoms with Crippen LogP contribution in [0.1, 0.15) is 5.56 Å². The van der Waals surface area contributed by atoms with E-state index in [1.165, 1.54) is 0 Å². The standard InChI is InChI=1S/C7H6N2/c8-5-6-1-3-7(9)4-2-6/h1-4H,9H2/i5+1. The first kappa shape index (κ1) is 5.64. The van der Waals surface area contributed by atoms with E-state index in [0.29, 0.717) is 11.3 Å². The van der Waals surface area contributed by atoms with Crippen LogP contribution in [0.5, 0.6) is 0 Å². The van der Waals surface area contributed by atoms with Gasteiger partial charge in [0.15, 0.2) is 0 Å². The molecule has 2 nitrogen and oxygen atoms in total. The zero-order chi connectivity index (χ0) is 6.69. The number of anilines is 1. The van der Waals surface area contributed by atoms with Gasteiger partial charge in [-0.3, -0.25) is 0 Å². The van der Waals surface area contributed by atoms with Gasteiger partial charge in [0.25, 0.3) is 0 Å². The van der Waals surface area contributed by atoms with Gasteiger partial charge in [-0.15, -0.1) is 0 Å². The highest BCUT2D eigenvalue weighted by Crippen LogP contribution is 2.02. The highest BCUT2D eigenvalue weighted by Gasteiger charge is 1.85. The Morgan fingerprint density at radius 3 is 2.22 bits per heavy atom. The van der Waals surface area contributed by atoms with Crippen molar-refractivity contribution in [2.24, 2.45) is 0 Å². The molecule has 0 bridgehead atoms. The van der Waals surface area contributed by atoms with E-state index in [1.807, 2.05) is 6.07 Å². The number of nitrogens with zero attached hydrogens (tertiary/aromatic N) is 1. The first-order valence-electron chi connectivity index (χ1n) is 2.58. The zero-order valence-electron chi connectivity index (χ0n) is 4.83. The molecule has 0 amide bonds. The summed E-state index contributed by atoms with van der Waals surface area (Å²) < 4.78 is 0. The summed E-state index contributed by atoms with van der Waals surface area (Å²) in [7, 11) is 0. The fourth-order valence-corrected chi connectivity index (χ4v) is 0.558. The van der Waals surface area contributed by atoms with E-state index >= 15 is 0 Å². The lowest BCUT2D eigenvalue weighted by Gasteiger charge is -1.88. The molecule has 2 heteroatoms. The molecule has 0 unspecified atom stereocenters. The number of nitrogen functional groups attached to an aromatic ring is 1. The lowest BCUT2D eigenvalue weighted by Crippen LogP contribution is -1.82. The maximum atomic E-state index is 8.34. The van der Waals surface area contributed by atoms with E-state index in [2.05, 4.69) is 0 Å². The van der Waals surface area contributed by atoms with Crippen LogP contribution in [0.4, 0.5) is 5.69 Å². The van der Waals surface area contributed by atoms with Crippen molar-refractivity contribution in [3.05, 3.63) is 29.8 Å². The Kier molecular flexibility index (Phi) is 1.37. The van der Waals surface area contributed by atoms with E-state index in [4.69, 9.17) is 11.0 Å². The molecule has 1 aromatic carbocycles. The highest BCUT2D eigenvalue weighted by molar-refractivity contribution is 5.42. The monoisotopic (exact) mass is 119 g/mol. The molecular weight excluding hydrogens is 113 g/mol. The van der Waals surface area contributed by atoms with Gasteiger partial charge < -0.3 is 5.73 Å². The molecular formula is C7H6N2. The zero-order valence-corrected chi connectivity index (χ0v) is 4.83. The van der Waals surface area contributed by atoms with Crippen molar-refractivity contribution in [2.45, 2.75) is 0 Å². The van der Waals surface area contributed by atoms with Crippen LogP contribution in [0.2, 0.25) is 0 Å². The molecule has 0 aliphatic rings. The van der Waals surface area contributed by atoms with Crippen molar-refractivity contribution < 1.29 is 0 Å². The number of benzene rings is 1. The molecule has 0 radical (unpaired) electrons. The predicted molar refractivity (Wildman–Crippen MR) is 35.6 cm³/mol. The second-order valence-corrected chi connectivity index (χ2v) is 1.73. The maximum absolute atomic E-state index is 8.34. The SMILES string of the molecule is N#[13C]c1ccc(N)cc1. The van der Waals surface area contributed by atoms with Crippen molar-refractivity contribution in [1.82, 2.24) is 0 Å². The van der Waals surface area contributed by atoms with Gasteiger partial charge >= 0.3 is 0 Å². The minimum absolute atomic E-state index is 0.643. The average Bonchev–Trinajstić information content (AvgIpc) is 1.90. The molecule has 0 spiro atoms. The van der Waals surface area contributed by atoms with Gasteiger partial charge in [0, 0.05) is 5.69 Å². The summed E-state index contributed by atoms with van der Waals surface area (Å²) in [6.07, 6.45) is 0. The first-order chi connectivity index (χ1) is 4.33. The molecule has 0 aliphatic carbocycles. The Labute approximate surface area is 53.5 Å². The fraction of sp³-hybridized carbons (Fsp3) is 0. The third-order valence-corrected chi connectivity index (χ3v) is 1.04. The lowest BCUT2D eigenvalue weighted by molar-refractivity contribution is 1.49. The van der Waals surface area contributed by atoms with E-state index < -0.39 is 0 Å². The quantitative estimate of drug-likeness (QED) is 0.411. The van der Waals surface area contributed by atoms with E-state index in [9.17, 15) is 0 Å². The maximum Gasteiger partial charge on any atom is 0.0991 e. The van der Waals surface area contributed by atoms with Crippen molar-refractivity contribution in [3.8, 4) is 6.07 Å². The summed E-state index contributed by atoms with van der Waals surface area (Å²) in [5, 5.41) is 8.34. The molecule has 0 fully saturated rings. The number of nitrogens with two attached hydrogens (primary N) is 1. The van der Waals surface area contributed by atoms with E-state index in [-0.39, 0.29) is 0 Å². The Morgan fingerprint density at radius 2 is 1.78 bits per heavy atom. The Hall–Kier alpha value is -1.49. The molecule has 0 aliphatic heterocycles. The molecule has 0 saturated carbocycles. The predicted octanol–water partition coefficient (Wildman–Crippen LogP) is 1.14. The number of hydrogen-bond donors (Lipinski definition) is 1. The van der Waals surface area contributed by atoms with Gasteiger partial charge in [0.1, 0.15) is 0 Å². The number of nitriles is 1. The highest BCUT2D eigenvalue weighted by atomic mass is 14.5. The molecule has 0 saturated heterocycles. The molecule has 1 rings (SSSR count). The third-order valence-electron chi connectivity index (χ3n) is 1.04. The first-order valence-corrected chi connectivity index (χ1v) is 2.58. The fourth-order valence-electron chi connectivity index (χ4n) is 0.558. The van der Waals surface area contributed by atoms with Gasteiger partial charge in [-0.25, -0.2) is 0 Å². The van der Waals surface area contributed by atoms with Crippen molar-refractivity contribution in [3.63, 3.8) is 0 Å². The Balaban J connectivity index is 3.06. The second kappa shape index (κ2) is 2.19.